The van der Waals surface area contributed by atoms with Crippen molar-refractivity contribution in [3.8, 4) is 0 Å². The van der Waals surface area contributed by atoms with E-state index in [1.54, 1.807) is 0 Å². The lowest BCUT2D eigenvalue weighted by Crippen LogP contribution is -2.35. The van der Waals surface area contributed by atoms with Crippen molar-refractivity contribution >= 4 is 9.84 Å². The minimum atomic E-state index is -2.85. The van der Waals surface area contributed by atoms with E-state index in [1.807, 2.05) is 6.92 Å². The average Bonchev–Trinajstić information content (AvgIpc) is 2.03. The van der Waals surface area contributed by atoms with Gasteiger partial charge in [0.2, 0.25) is 0 Å². The van der Waals surface area contributed by atoms with E-state index in [0.29, 0.717) is 5.92 Å². The van der Waals surface area contributed by atoms with Gasteiger partial charge in [0.15, 0.2) is 0 Å². The Balaban J connectivity index is 3.79. The Bertz CT molecular complexity index is 233. The molecule has 0 aliphatic heterocycles. The smallest absolute Gasteiger partial charge is 0.148 e. The summed E-state index contributed by atoms with van der Waals surface area (Å²) < 4.78 is 22.0. The summed E-state index contributed by atoms with van der Waals surface area (Å²) in [5.41, 5.74) is 0. The summed E-state index contributed by atoms with van der Waals surface area (Å²) in [4.78, 5) is 0. The van der Waals surface area contributed by atoms with Gasteiger partial charge in [-0.2, -0.15) is 0 Å². The molecule has 0 bridgehead atoms. The summed E-state index contributed by atoms with van der Waals surface area (Å²) in [5, 5.41) is 3.26. The van der Waals surface area contributed by atoms with E-state index in [2.05, 4.69) is 19.2 Å². The molecule has 0 aromatic heterocycles. The summed E-state index contributed by atoms with van der Waals surface area (Å²) in [7, 11) is -2.85. The summed E-state index contributed by atoms with van der Waals surface area (Å²) >= 11 is 0. The second-order valence-corrected chi connectivity index (χ2v) is 6.27. The van der Waals surface area contributed by atoms with E-state index in [4.69, 9.17) is 0 Å². The first-order valence-corrected chi connectivity index (χ1v) is 7.36. The van der Waals surface area contributed by atoms with Crippen molar-refractivity contribution in [2.45, 2.75) is 39.7 Å². The number of nitrogens with one attached hydrogen (secondary N) is 1. The van der Waals surface area contributed by atoms with Gasteiger partial charge in [-0.3, -0.25) is 0 Å². The highest BCUT2D eigenvalue weighted by atomic mass is 32.2. The van der Waals surface area contributed by atoms with Crippen molar-refractivity contribution in [2.24, 2.45) is 5.92 Å². The molecule has 0 radical (unpaired) electrons. The largest absolute Gasteiger partial charge is 0.313 e. The highest BCUT2D eigenvalue weighted by Crippen LogP contribution is 2.05. The zero-order valence-corrected chi connectivity index (χ0v) is 10.5. The maximum atomic E-state index is 11.0. The molecule has 1 N–H and O–H groups in total. The Labute approximate surface area is 88.2 Å². The molecule has 0 saturated carbocycles. The lowest BCUT2D eigenvalue weighted by molar-refractivity contribution is 0.427. The molecule has 0 saturated heterocycles. The maximum Gasteiger partial charge on any atom is 0.148 e. The predicted octanol–water partition coefficient (Wildman–Crippen LogP) is 1.45. The third-order valence-corrected chi connectivity index (χ3v) is 3.57. The summed E-state index contributed by atoms with van der Waals surface area (Å²) in [6.07, 6.45) is 3.58. The van der Waals surface area contributed by atoms with Crippen LogP contribution in [0.25, 0.3) is 0 Å². The minimum Gasteiger partial charge on any atom is -0.313 e. The van der Waals surface area contributed by atoms with Crippen molar-refractivity contribution < 1.29 is 8.42 Å². The molecule has 0 aromatic carbocycles. The molecule has 0 aliphatic carbocycles. The van der Waals surface area contributed by atoms with Crippen LogP contribution in [0.4, 0.5) is 0 Å². The highest BCUT2D eigenvalue weighted by molar-refractivity contribution is 7.90. The summed E-state index contributed by atoms with van der Waals surface area (Å²) in [6, 6.07) is 0.0607. The minimum absolute atomic E-state index is 0.0607. The number of hydrogen-bond acceptors (Lipinski definition) is 3. The van der Waals surface area contributed by atoms with Gasteiger partial charge >= 0.3 is 0 Å². The Hall–Kier alpha value is -0.0900. The third-order valence-electron chi connectivity index (χ3n) is 2.46. The molecule has 14 heavy (non-hydrogen) atoms. The van der Waals surface area contributed by atoms with E-state index in [1.165, 1.54) is 6.26 Å². The van der Waals surface area contributed by atoms with Gasteiger partial charge < -0.3 is 5.32 Å². The van der Waals surface area contributed by atoms with Crippen LogP contribution in [0, 0.1) is 5.92 Å². The Kier molecular flexibility index (Phi) is 6.36. The molecule has 86 valence electrons. The number of sulfone groups is 1. The molecule has 4 heteroatoms. The van der Waals surface area contributed by atoms with Crippen LogP contribution in [0.1, 0.15) is 33.6 Å². The number of rotatable bonds is 7. The second-order valence-electron chi connectivity index (χ2n) is 4.08. The fraction of sp³-hybridized carbons (Fsp3) is 1.00. The SMILES string of the molecule is CCC(CC)CNC(C)CS(C)(=O)=O. The molecule has 0 fully saturated rings. The van der Waals surface area contributed by atoms with E-state index in [0.717, 1.165) is 19.4 Å². The first kappa shape index (κ1) is 13.9. The predicted molar refractivity (Wildman–Crippen MR) is 61.2 cm³/mol. The second kappa shape index (κ2) is 6.40. The standard InChI is InChI=1S/C10H23NO2S/c1-5-10(6-2)7-11-9(3)8-14(4,12)13/h9-11H,5-8H2,1-4H3. The van der Waals surface area contributed by atoms with Gasteiger partial charge in [-0.15, -0.1) is 0 Å². The van der Waals surface area contributed by atoms with Crippen molar-refractivity contribution in [3.05, 3.63) is 0 Å². The average molecular weight is 221 g/mol. The molecule has 0 spiro atoms. The highest BCUT2D eigenvalue weighted by Gasteiger charge is 2.11. The van der Waals surface area contributed by atoms with Gasteiger partial charge in [0.05, 0.1) is 5.75 Å². The molecule has 0 aromatic rings. The normalized spacial score (nSPS) is 14.6. The fourth-order valence-corrected chi connectivity index (χ4v) is 2.48. The van der Waals surface area contributed by atoms with Crippen LogP contribution in [0.15, 0.2) is 0 Å². The number of hydrogen-bond donors (Lipinski definition) is 1. The van der Waals surface area contributed by atoms with Crippen LogP contribution < -0.4 is 5.32 Å². The molecule has 0 amide bonds. The first-order valence-electron chi connectivity index (χ1n) is 5.30. The first-order chi connectivity index (χ1) is 6.39. The van der Waals surface area contributed by atoms with E-state index < -0.39 is 9.84 Å². The zero-order valence-electron chi connectivity index (χ0n) is 9.71. The monoisotopic (exact) mass is 221 g/mol. The van der Waals surface area contributed by atoms with Crippen LogP contribution in [0.3, 0.4) is 0 Å². The van der Waals surface area contributed by atoms with Gasteiger partial charge in [0, 0.05) is 12.3 Å². The molecule has 0 rings (SSSR count). The maximum absolute atomic E-state index is 11.0. The molecule has 1 atom stereocenters. The molecule has 0 heterocycles. The Morgan fingerprint density at radius 2 is 1.71 bits per heavy atom. The summed E-state index contributed by atoms with van der Waals surface area (Å²) in [6.45, 7) is 7.17. The van der Waals surface area contributed by atoms with Crippen LogP contribution in [0.2, 0.25) is 0 Å². The van der Waals surface area contributed by atoms with Crippen LogP contribution >= 0.6 is 0 Å². The Morgan fingerprint density at radius 3 is 2.07 bits per heavy atom. The van der Waals surface area contributed by atoms with Gasteiger partial charge in [-0.1, -0.05) is 26.7 Å². The topological polar surface area (TPSA) is 46.2 Å². The zero-order chi connectivity index (χ0) is 11.2. The lowest BCUT2D eigenvalue weighted by Gasteiger charge is -2.17. The van der Waals surface area contributed by atoms with Crippen molar-refractivity contribution in [2.75, 3.05) is 18.6 Å². The molecular formula is C10H23NO2S. The quantitative estimate of drug-likeness (QED) is 0.707. The Morgan fingerprint density at radius 1 is 1.21 bits per heavy atom. The van der Waals surface area contributed by atoms with Crippen LogP contribution in [0.5, 0.6) is 0 Å². The molecule has 3 nitrogen and oxygen atoms in total. The van der Waals surface area contributed by atoms with Gasteiger partial charge in [0.1, 0.15) is 9.84 Å². The molecule has 1 unspecified atom stereocenters. The van der Waals surface area contributed by atoms with E-state index in [9.17, 15) is 8.42 Å². The van der Waals surface area contributed by atoms with Gasteiger partial charge in [0.25, 0.3) is 0 Å². The van der Waals surface area contributed by atoms with Crippen LogP contribution in [-0.4, -0.2) is 33.0 Å². The lowest BCUT2D eigenvalue weighted by atomic mass is 10.0. The van der Waals surface area contributed by atoms with Gasteiger partial charge in [-0.25, -0.2) is 8.42 Å². The fourth-order valence-electron chi connectivity index (χ4n) is 1.46. The van der Waals surface area contributed by atoms with Crippen LogP contribution in [-0.2, 0) is 9.84 Å². The van der Waals surface area contributed by atoms with Crippen molar-refractivity contribution in [1.82, 2.24) is 5.32 Å². The summed E-state index contributed by atoms with van der Waals surface area (Å²) in [5.74, 6) is 0.893. The van der Waals surface area contributed by atoms with E-state index >= 15 is 0 Å². The van der Waals surface area contributed by atoms with Crippen molar-refractivity contribution in [3.63, 3.8) is 0 Å². The molecular weight excluding hydrogens is 198 g/mol. The third kappa shape index (κ3) is 7.33. The molecule has 0 aliphatic rings. The van der Waals surface area contributed by atoms with Gasteiger partial charge in [-0.05, 0) is 19.4 Å². The van der Waals surface area contributed by atoms with Crippen molar-refractivity contribution in [1.29, 1.82) is 0 Å². The van der Waals surface area contributed by atoms with E-state index in [-0.39, 0.29) is 11.8 Å².